The molecule has 7 heteroatoms. The van der Waals surface area contributed by atoms with Crippen LogP contribution in [0.25, 0.3) is 0 Å². The van der Waals surface area contributed by atoms with Crippen molar-refractivity contribution in [2.45, 2.75) is 23.6 Å². The van der Waals surface area contributed by atoms with Gasteiger partial charge in [-0.05, 0) is 54.4 Å². The van der Waals surface area contributed by atoms with Gasteiger partial charge in [-0.25, -0.2) is 4.98 Å². The maximum absolute atomic E-state index is 12.9. The number of nitrogens with one attached hydrogen (secondary N) is 2. The summed E-state index contributed by atoms with van der Waals surface area (Å²) in [6, 6.07) is 24.7. The van der Waals surface area contributed by atoms with Crippen LogP contribution in [0.3, 0.4) is 0 Å². The largest absolute Gasteiger partial charge is 0.338 e. The van der Waals surface area contributed by atoms with E-state index in [1.165, 1.54) is 0 Å². The van der Waals surface area contributed by atoms with Crippen LogP contribution in [0, 0.1) is 6.92 Å². The number of amides is 1. The van der Waals surface area contributed by atoms with Crippen molar-refractivity contribution in [1.82, 2.24) is 20.5 Å². The van der Waals surface area contributed by atoms with Crippen LogP contribution in [0.5, 0.6) is 0 Å². The van der Waals surface area contributed by atoms with Gasteiger partial charge in [0.05, 0.1) is 0 Å². The molecule has 156 valence electrons. The molecule has 1 amide bonds. The molecule has 0 aliphatic heterocycles. The molecule has 0 saturated carbocycles. The van der Waals surface area contributed by atoms with E-state index in [0.717, 1.165) is 26.8 Å². The number of carbonyl (C=O) groups excluding carboxylic acids is 1. The number of benzene rings is 3. The molecule has 1 aromatic heterocycles. The van der Waals surface area contributed by atoms with Crippen molar-refractivity contribution in [1.29, 1.82) is 0 Å². The number of aryl methyl sites for hydroxylation is 1. The predicted molar refractivity (Wildman–Crippen MR) is 124 cm³/mol. The van der Waals surface area contributed by atoms with Crippen molar-refractivity contribution in [3.8, 4) is 0 Å². The SMILES string of the molecule is Cc1nc(C(NC(=O)c2ccc(CSc3ccc(Cl)cc3)cc2)c2ccccc2)n[nH]1. The zero-order chi connectivity index (χ0) is 21.6. The molecule has 0 fully saturated rings. The maximum Gasteiger partial charge on any atom is 0.252 e. The zero-order valence-electron chi connectivity index (χ0n) is 16.9. The van der Waals surface area contributed by atoms with E-state index >= 15 is 0 Å². The van der Waals surface area contributed by atoms with Crippen molar-refractivity contribution >= 4 is 29.3 Å². The highest BCUT2D eigenvalue weighted by Crippen LogP contribution is 2.25. The molecule has 0 bridgehead atoms. The lowest BCUT2D eigenvalue weighted by Crippen LogP contribution is -2.30. The molecule has 4 rings (SSSR count). The number of carbonyl (C=O) groups is 1. The Morgan fingerprint density at radius 1 is 1.03 bits per heavy atom. The Morgan fingerprint density at radius 3 is 2.39 bits per heavy atom. The maximum atomic E-state index is 12.9. The van der Waals surface area contributed by atoms with E-state index in [1.807, 2.05) is 85.8 Å². The topological polar surface area (TPSA) is 70.7 Å². The Bertz CT molecular complexity index is 1140. The molecule has 1 heterocycles. The standard InChI is InChI=1S/C24H21ClN4OS/c1-16-26-23(29-28-16)22(18-5-3-2-4-6-18)27-24(30)19-9-7-17(8-10-19)15-31-21-13-11-20(25)12-14-21/h2-14,22H,15H2,1H3,(H,27,30)(H,26,28,29). The first-order valence-electron chi connectivity index (χ1n) is 9.80. The van der Waals surface area contributed by atoms with E-state index < -0.39 is 6.04 Å². The van der Waals surface area contributed by atoms with Gasteiger partial charge in [0.15, 0.2) is 5.82 Å². The number of hydrogen-bond donors (Lipinski definition) is 2. The molecule has 5 nitrogen and oxygen atoms in total. The van der Waals surface area contributed by atoms with Gasteiger partial charge in [0.25, 0.3) is 5.91 Å². The van der Waals surface area contributed by atoms with E-state index in [2.05, 4.69) is 20.5 Å². The summed E-state index contributed by atoms with van der Waals surface area (Å²) in [7, 11) is 0. The minimum atomic E-state index is -0.432. The Kier molecular flexibility index (Phi) is 6.70. The number of halogens is 1. The number of hydrogen-bond acceptors (Lipinski definition) is 4. The molecule has 0 aliphatic carbocycles. The molecule has 0 radical (unpaired) electrons. The molecule has 0 aliphatic rings. The summed E-state index contributed by atoms with van der Waals surface area (Å²) in [5.74, 6) is 1.88. The number of nitrogens with zero attached hydrogens (tertiary/aromatic N) is 2. The van der Waals surface area contributed by atoms with Crippen molar-refractivity contribution in [2.75, 3.05) is 0 Å². The molecule has 0 saturated heterocycles. The Hall–Kier alpha value is -3.09. The first-order chi connectivity index (χ1) is 15.1. The molecule has 1 unspecified atom stereocenters. The minimum Gasteiger partial charge on any atom is -0.338 e. The minimum absolute atomic E-state index is 0.173. The van der Waals surface area contributed by atoms with Crippen molar-refractivity contribution in [3.05, 3.63) is 112 Å². The summed E-state index contributed by atoms with van der Waals surface area (Å²) < 4.78 is 0. The highest BCUT2D eigenvalue weighted by atomic mass is 35.5. The second-order valence-corrected chi connectivity index (χ2v) is 8.52. The normalized spacial score (nSPS) is 11.8. The average molecular weight is 449 g/mol. The molecule has 1 atom stereocenters. The van der Waals surface area contributed by atoms with E-state index in [0.29, 0.717) is 17.2 Å². The fourth-order valence-corrected chi connectivity index (χ4v) is 4.08. The predicted octanol–water partition coefficient (Wildman–Crippen LogP) is 5.58. The highest BCUT2D eigenvalue weighted by Gasteiger charge is 2.21. The Labute approximate surface area is 190 Å². The fraction of sp³-hybridized carbons (Fsp3) is 0.125. The zero-order valence-corrected chi connectivity index (χ0v) is 18.5. The highest BCUT2D eigenvalue weighted by molar-refractivity contribution is 7.98. The van der Waals surface area contributed by atoms with Gasteiger partial charge in [-0.3, -0.25) is 9.89 Å². The van der Waals surface area contributed by atoms with Crippen LogP contribution in [0.4, 0.5) is 0 Å². The van der Waals surface area contributed by atoms with Gasteiger partial charge in [0.2, 0.25) is 0 Å². The van der Waals surface area contributed by atoms with Gasteiger partial charge >= 0.3 is 0 Å². The number of aromatic amines is 1. The van der Waals surface area contributed by atoms with Gasteiger partial charge in [-0.1, -0.05) is 54.1 Å². The second-order valence-electron chi connectivity index (χ2n) is 7.04. The summed E-state index contributed by atoms with van der Waals surface area (Å²) in [6.07, 6.45) is 0. The fourth-order valence-electron chi connectivity index (χ4n) is 3.10. The molecular formula is C24H21ClN4OS. The van der Waals surface area contributed by atoms with Crippen LogP contribution in [-0.2, 0) is 5.75 Å². The summed E-state index contributed by atoms with van der Waals surface area (Å²) in [6.45, 7) is 1.83. The lowest BCUT2D eigenvalue weighted by Gasteiger charge is -2.16. The van der Waals surface area contributed by atoms with E-state index in [-0.39, 0.29) is 5.91 Å². The third-order valence-corrected chi connectivity index (χ3v) is 6.05. The average Bonchev–Trinajstić information content (AvgIpc) is 3.24. The smallest absolute Gasteiger partial charge is 0.252 e. The number of H-pyrrole nitrogens is 1. The molecule has 3 aromatic carbocycles. The molecular weight excluding hydrogens is 428 g/mol. The molecule has 4 aromatic rings. The quantitative estimate of drug-likeness (QED) is 0.362. The van der Waals surface area contributed by atoms with Gasteiger partial charge in [0.1, 0.15) is 11.9 Å². The third kappa shape index (κ3) is 5.54. The molecule has 0 spiro atoms. The van der Waals surface area contributed by atoms with Gasteiger partial charge < -0.3 is 5.32 Å². The van der Waals surface area contributed by atoms with Gasteiger partial charge in [-0.15, -0.1) is 11.8 Å². The number of rotatable bonds is 7. The monoisotopic (exact) mass is 448 g/mol. The number of thioether (sulfide) groups is 1. The van der Waals surface area contributed by atoms with Crippen LogP contribution < -0.4 is 5.32 Å². The summed E-state index contributed by atoms with van der Waals surface area (Å²) in [5.41, 5.74) is 2.65. The van der Waals surface area contributed by atoms with Crippen molar-refractivity contribution < 1.29 is 4.79 Å². The van der Waals surface area contributed by atoms with Gasteiger partial charge in [-0.2, -0.15) is 5.10 Å². The summed E-state index contributed by atoms with van der Waals surface area (Å²) in [5, 5.41) is 10.9. The molecule has 2 N–H and O–H groups in total. The van der Waals surface area contributed by atoms with Crippen molar-refractivity contribution in [2.24, 2.45) is 0 Å². The number of aromatic nitrogens is 3. The first kappa shape index (κ1) is 21.2. The van der Waals surface area contributed by atoms with Crippen molar-refractivity contribution in [3.63, 3.8) is 0 Å². The summed E-state index contributed by atoms with van der Waals surface area (Å²) >= 11 is 7.66. The van der Waals surface area contributed by atoms with Crippen LogP contribution in [0.2, 0.25) is 5.02 Å². The van der Waals surface area contributed by atoms with Crippen LogP contribution in [0.1, 0.15) is 39.2 Å². The Balaban J connectivity index is 1.44. The lowest BCUT2D eigenvalue weighted by molar-refractivity contribution is 0.0941. The van der Waals surface area contributed by atoms with Crippen LogP contribution in [0.15, 0.2) is 83.8 Å². The Morgan fingerprint density at radius 2 is 1.74 bits per heavy atom. The van der Waals surface area contributed by atoms with E-state index in [4.69, 9.17) is 11.6 Å². The van der Waals surface area contributed by atoms with Crippen LogP contribution >= 0.6 is 23.4 Å². The second kappa shape index (κ2) is 9.81. The first-order valence-corrected chi connectivity index (χ1v) is 11.2. The van der Waals surface area contributed by atoms with E-state index in [9.17, 15) is 4.79 Å². The lowest BCUT2D eigenvalue weighted by atomic mass is 10.1. The van der Waals surface area contributed by atoms with E-state index in [1.54, 1.807) is 11.8 Å². The molecule has 31 heavy (non-hydrogen) atoms. The van der Waals surface area contributed by atoms with Gasteiger partial charge in [0, 0.05) is 21.2 Å². The third-order valence-electron chi connectivity index (χ3n) is 4.72. The summed E-state index contributed by atoms with van der Waals surface area (Å²) in [4.78, 5) is 18.5. The van der Waals surface area contributed by atoms with Crippen LogP contribution in [-0.4, -0.2) is 21.1 Å².